The molecular weight excluding hydrogens is 256 g/mol. The molecule has 0 spiro atoms. The minimum Gasteiger partial charge on any atom is -0.395 e. The van der Waals surface area contributed by atoms with Crippen LogP contribution in [0.4, 0.5) is 5.69 Å². The van der Waals surface area contributed by atoms with E-state index in [9.17, 15) is 9.59 Å². The van der Waals surface area contributed by atoms with E-state index in [4.69, 9.17) is 5.11 Å². The molecule has 5 heteroatoms. The van der Waals surface area contributed by atoms with Crippen molar-refractivity contribution in [2.24, 2.45) is 0 Å². The summed E-state index contributed by atoms with van der Waals surface area (Å²) >= 11 is 0. The molecule has 1 aliphatic heterocycles. The Labute approximate surface area is 118 Å². The van der Waals surface area contributed by atoms with E-state index in [0.717, 1.165) is 16.8 Å². The molecule has 0 saturated carbocycles. The SMILES string of the molecule is CN1C(=O)C(C)(C)c2cc(CC(=O)NCCO)ccc21. The average Bonchev–Trinajstić information content (AvgIpc) is 2.58. The number of nitrogens with one attached hydrogen (secondary N) is 1. The molecule has 2 rings (SSSR count). The molecule has 0 bridgehead atoms. The lowest BCUT2D eigenvalue weighted by molar-refractivity contribution is -0.122. The number of likely N-dealkylation sites (N-methyl/N-ethyl adjacent to an activating group) is 1. The van der Waals surface area contributed by atoms with E-state index >= 15 is 0 Å². The molecule has 1 aromatic carbocycles. The molecule has 0 aromatic heterocycles. The number of fused-ring (bicyclic) bond motifs is 1. The molecule has 2 N–H and O–H groups in total. The Bertz CT molecular complexity index is 552. The summed E-state index contributed by atoms with van der Waals surface area (Å²) < 4.78 is 0. The van der Waals surface area contributed by atoms with Crippen molar-refractivity contribution in [2.75, 3.05) is 25.1 Å². The van der Waals surface area contributed by atoms with Gasteiger partial charge in [0.1, 0.15) is 0 Å². The molecule has 0 radical (unpaired) electrons. The van der Waals surface area contributed by atoms with Crippen molar-refractivity contribution in [1.29, 1.82) is 0 Å². The Hall–Kier alpha value is -1.88. The third-order valence-electron chi connectivity index (χ3n) is 3.73. The van der Waals surface area contributed by atoms with Crippen LogP contribution in [0.2, 0.25) is 0 Å². The van der Waals surface area contributed by atoms with Crippen molar-refractivity contribution >= 4 is 17.5 Å². The Morgan fingerprint density at radius 3 is 2.75 bits per heavy atom. The lowest BCUT2D eigenvalue weighted by atomic mass is 9.85. The number of rotatable bonds is 4. The van der Waals surface area contributed by atoms with Gasteiger partial charge in [-0.25, -0.2) is 0 Å². The summed E-state index contributed by atoms with van der Waals surface area (Å²) in [4.78, 5) is 25.5. The summed E-state index contributed by atoms with van der Waals surface area (Å²) in [5.41, 5.74) is 2.18. The van der Waals surface area contributed by atoms with Gasteiger partial charge in [0.15, 0.2) is 0 Å². The minimum atomic E-state index is -0.554. The minimum absolute atomic E-state index is 0.0642. The van der Waals surface area contributed by atoms with Crippen molar-refractivity contribution in [3.63, 3.8) is 0 Å². The van der Waals surface area contributed by atoms with E-state index in [0.29, 0.717) is 0 Å². The number of hydrogen-bond acceptors (Lipinski definition) is 3. The largest absolute Gasteiger partial charge is 0.395 e. The van der Waals surface area contributed by atoms with E-state index in [2.05, 4.69) is 5.32 Å². The van der Waals surface area contributed by atoms with Crippen LogP contribution in [0.3, 0.4) is 0 Å². The Morgan fingerprint density at radius 1 is 1.40 bits per heavy atom. The van der Waals surface area contributed by atoms with Crippen molar-refractivity contribution in [2.45, 2.75) is 25.7 Å². The summed E-state index contributed by atoms with van der Waals surface area (Å²) in [7, 11) is 1.77. The van der Waals surface area contributed by atoms with Gasteiger partial charge in [-0.1, -0.05) is 12.1 Å². The van der Waals surface area contributed by atoms with Crippen LogP contribution >= 0.6 is 0 Å². The number of hydrogen-bond donors (Lipinski definition) is 2. The molecule has 108 valence electrons. The molecule has 0 fully saturated rings. The molecule has 2 amide bonds. The molecule has 0 atom stereocenters. The van der Waals surface area contributed by atoms with E-state index in [1.54, 1.807) is 11.9 Å². The Kier molecular flexibility index (Phi) is 3.81. The van der Waals surface area contributed by atoms with Crippen molar-refractivity contribution in [3.05, 3.63) is 29.3 Å². The first-order valence-corrected chi connectivity index (χ1v) is 6.67. The van der Waals surface area contributed by atoms with Gasteiger partial charge >= 0.3 is 0 Å². The molecule has 0 unspecified atom stereocenters. The first-order valence-electron chi connectivity index (χ1n) is 6.67. The molecular formula is C15H20N2O3. The van der Waals surface area contributed by atoms with Gasteiger partial charge in [0.25, 0.3) is 0 Å². The van der Waals surface area contributed by atoms with E-state index in [1.165, 1.54) is 0 Å². The number of carbonyl (C=O) groups excluding carboxylic acids is 2. The lowest BCUT2D eigenvalue weighted by Crippen LogP contribution is -2.33. The van der Waals surface area contributed by atoms with Crippen LogP contribution in [0.1, 0.15) is 25.0 Å². The van der Waals surface area contributed by atoms with E-state index in [1.807, 2.05) is 32.0 Å². The molecule has 1 heterocycles. The molecule has 5 nitrogen and oxygen atoms in total. The van der Waals surface area contributed by atoms with Crippen molar-refractivity contribution in [1.82, 2.24) is 5.32 Å². The highest BCUT2D eigenvalue weighted by Crippen LogP contribution is 2.41. The van der Waals surface area contributed by atoms with Gasteiger partial charge in [0, 0.05) is 19.3 Å². The number of aliphatic hydroxyl groups excluding tert-OH is 1. The second-order valence-corrected chi connectivity index (χ2v) is 5.59. The maximum absolute atomic E-state index is 12.2. The van der Waals surface area contributed by atoms with Gasteiger partial charge in [-0.2, -0.15) is 0 Å². The van der Waals surface area contributed by atoms with Crippen LogP contribution in [0, 0.1) is 0 Å². The predicted octanol–water partition coefficient (Wildman–Crippen LogP) is 0.592. The van der Waals surface area contributed by atoms with Gasteiger partial charge in [-0.15, -0.1) is 0 Å². The quantitative estimate of drug-likeness (QED) is 0.845. The standard InChI is InChI=1S/C15H20N2O3/c1-15(2)11-8-10(9-13(19)16-6-7-18)4-5-12(11)17(3)14(15)20/h4-5,8,18H,6-7,9H2,1-3H3,(H,16,19). The molecule has 1 aliphatic rings. The summed E-state index contributed by atoms with van der Waals surface area (Å²) in [6.07, 6.45) is 0.251. The summed E-state index contributed by atoms with van der Waals surface area (Å²) in [6.45, 7) is 3.99. The fourth-order valence-electron chi connectivity index (χ4n) is 2.57. The topological polar surface area (TPSA) is 69.6 Å². The fraction of sp³-hybridized carbons (Fsp3) is 0.467. The maximum Gasteiger partial charge on any atom is 0.236 e. The van der Waals surface area contributed by atoms with E-state index in [-0.39, 0.29) is 31.4 Å². The highest BCUT2D eigenvalue weighted by molar-refractivity contribution is 6.07. The Morgan fingerprint density at radius 2 is 2.10 bits per heavy atom. The molecule has 1 aromatic rings. The highest BCUT2D eigenvalue weighted by Gasteiger charge is 2.42. The van der Waals surface area contributed by atoms with Gasteiger partial charge in [-0.3, -0.25) is 9.59 Å². The Balaban J connectivity index is 2.23. The molecule has 0 aliphatic carbocycles. The van der Waals surface area contributed by atoms with Crippen molar-refractivity contribution < 1.29 is 14.7 Å². The summed E-state index contributed by atoms with van der Waals surface area (Å²) in [6, 6.07) is 5.68. The second kappa shape index (κ2) is 5.25. The van der Waals surface area contributed by atoms with E-state index < -0.39 is 5.41 Å². The number of amides is 2. The second-order valence-electron chi connectivity index (χ2n) is 5.59. The van der Waals surface area contributed by atoms with Crippen LogP contribution in [-0.2, 0) is 21.4 Å². The van der Waals surface area contributed by atoms with Gasteiger partial charge in [0.05, 0.1) is 18.4 Å². The van der Waals surface area contributed by atoms with Crippen LogP contribution < -0.4 is 10.2 Å². The normalized spacial score (nSPS) is 16.2. The number of aliphatic hydroxyl groups is 1. The summed E-state index contributed by atoms with van der Waals surface area (Å²) in [5.74, 6) is -0.0659. The third-order valence-corrected chi connectivity index (χ3v) is 3.73. The van der Waals surface area contributed by atoms with Crippen LogP contribution in [0.25, 0.3) is 0 Å². The number of carbonyl (C=O) groups is 2. The van der Waals surface area contributed by atoms with Gasteiger partial charge in [-0.05, 0) is 31.0 Å². The highest BCUT2D eigenvalue weighted by atomic mass is 16.3. The van der Waals surface area contributed by atoms with Crippen LogP contribution in [0.5, 0.6) is 0 Å². The molecule has 20 heavy (non-hydrogen) atoms. The van der Waals surface area contributed by atoms with Gasteiger partial charge in [0.2, 0.25) is 11.8 Å². The maximum atomic E-state index is 12.2. The van der Waals surface area contributed by atoms with Crippen LogP contribution in [0.15, 0.2) is 18.2 Å². The van der Waals surface area contributed by atoms with Crippen molar-refractivity contribution in [3.8, 4) is 0 Å². The summed E-state index contributed by atoms with van der Waals surface area (Å²) in [5, 5.41) is 11.3. The number of benzene rings is 1. The number of nitrogens with zero attached hydrogens (tertiary/aromatic N) is 1. The lowest BCUT2D eigenvalue weighted by Gasteiger charge is -2.16. The predicted molar refractivity (Wildman–Crippen MR) is 76.7 cm³/mol. The zero-order valence-electron chi connectivity index (χ0n) is 12.1. The fourth-order valence-corrected chi connectivity index (χ4v) is 2.57. The van der Waals surface area contributed by atoms with Gasteiger partial charge < -0.3 is 15.3 Å². The molecule has 0 saturated heterocycles. The number of anilines is 1. The first-order chi connectivity index (χ1) is 9.37. The first kappa shape index (κ1) is 14.5. The zero-order valence-corrected chi connectivity index (χ0v) is 12.1. The average molecular weight is 276 g/mol. The monoisotopic (exact) mass is 276 g/mol. The smallest absolute Gasteiger partial charge is 0.236 e. The third kappa shape index (κ3) is 2.41. The zero-order chi connectivity index (χ0) is 14.9. The van der Waals surface area contributed by atoms with Crippen LogP contribution in [-0.4, -0.2) is 37.1 Å².